The van der Waals surface area contributed by atoms with Crippen molar-refractivity contribution in [2.45, 2.75) is 46.2 Å². The van der Waals surface area contributed by atoms with Crippen molar-refractivity contribution in [1.29, 1.82) is 0 Å². The molecule has 0 radical (unpaired) electrons. The number of allylic oxidation sites excluding steroid dienone is 3. The van der Waals surface area contributed by atoms with Crippen LogP contribution >= 0.6 is 0 Å². The Kier molecular flexibility index (Phi) is 7.46. The minimum atomic E-state index is -1.17. The third kappa shape index (κ3) is 7.87. The van der Waals surface area contributed by atoms with Crippen LogP contribution in [-0.4, -0.2) is 16.1 Å². The molecule has 0 fully saturated rings. The molecular formula is C11H23LiSi2. The molecule has 0 saturated heterocycles. The van der Waals surface area contributed by atoms with Crippen LogP contribution in [0.25, 0.3) is 0 Å². The van der Waals surface area contributed by atoms with Gasteiger partial charge in [-0.15, -0.1) is 0 Å². The Morgan fingerprint density at radius 2 is 1.43 bits per heavy atom. The fraction of sp³-hybridized carbons (Fsp3) is 0.636. The van der Waals surface area contributed by atoms with Crippen LogP contribution in [0.5, 0.6) is 0 Å². The molecule has 14 heavy (non-hydrogen) atoms. The van der Waals surface area contributed by atoms with E-state index in [2.05, 4.69) is 64.1 Å². The predicted octanol–water partition coefficient (Wildman–Crippen LogP) is 1.05. The minimum Gasteiger partial charge on any atom is -0.280 e. The van der Waals surface area contributed by atoms with Crippen LogP contribution in [0.15, 0.2) is 17.3 Å². The summed E-state index contributed by atoms with van der Waals surface area (Å²) in [5, 5.41) is 1.49. The maximum absolute atomic E-state index is 3.73. The van der Waals surface area contributed by atoms with Gasteiger partial charge in [-0.2, -0.15) is 6.08 Å². The Morgan fingerprint density at radius 1 is 1.00 bits per heavy atom. The summed E-state index contributed by atoms with van der Waals surface area (Å²) in [7, 11) is -2.33. The second-order valence-corrected chi connectivity index (χ2v) is 15.3. The summed E-state index contributed by atoms with van der Waals surface area (Å²) in [5.74, 6) is 0. The molecule has 0 atom stereocenters. The normalized spacial score (nSPS) is 14.4. The summed E-state index contributed by atoms with van der Waals surface area (Å²) in [6.45, 7) is 16.3. The first kappa shape index (κ1) is 16.9. The molecule has 3 heteroatoms. The fourth-order valence-corrected chi connectivity index (χ4v) is 5.23. The number of hydrogen-bond acceptors (Lipinski definition) is 0. The van der Waals surface area contributed by atoms with Gasteiger partial charge in [-0.1, -0.05) is 46.2 Å². The van der Waals surface area contributed by atoms with E-state index in [1.165, 1.54) is 5.20 Å². The van der Waals surface area contributed by atoms with Crippen molar-refractivity contribution >= 4 is 16.1 Å². The molecule has 0 aromatic rings. The van der Waals surface area contributed by atoms with E-state index >= 15 is 0 Å². The van der Waals surface area contributed by atoms with Gasteiger partial charge in [-0.25, -0.2) is 11.3 Å². The fourth-order valence-electron chi connectivity index (χ4n) is 1.05. The van der Waals surface area contributed by atoms with Crippen molar-refractivity contribution in [3.63, 3.8) is 0 Å². The zero-order valence-electron chi connectivity index (χ0n) is 11.2. The topological polar surface area (TPSA) is 0 Å². The van der Waals surface area contributed by atoms with Crippen molar-refractivity contribution < 1.29 is 18.9 Å². The van der Waals surface area contributed by atoms with Gasteiger partial charge in [-0.05, 0) is 8.07 Å². The smallest absolute Gasteiger partial charge is 0.280 e. The van der Waals surface area contributed by atoms with Crippen LogP contribution in [0.1, 0.15) is 6.92 Å². The van der Waals surface area contributed by atoms with Crippen LogP contribution in [0, 0.1) is 5.70 Å². The van der Waals surface area contributed by atoms with Gasteiger partial charge in [0.2, 0.25) is 0 Å². The molecule has 0 aliphatic heterocycles. The molecule has 0 aliphatic rings. The second kappa shape index (κ2) is 6.17. The maximum Gasteiger partial charge on any atom is 1.00 e. The van der Waals surface area contributed by atoms with Gasteiger partial charge in [0.15, 0.2) is 0 Å². The summed E-state index contributed by atoms with van der Waals surface area (Å²) < 4.78 is 0. The first-order chi connectivity index (χ1) is 5.67. The predicted molar refractivity (Wildman–Crippen MR) is 68.3 cm³/mol. The summed E-state index contributed by atoms with van der Waals surface area (Å²) in [4.78, 5) is 0. The van der Waals surface area contributed by atoms with E-state index in [9.17, 15) is 0 Å². The zero-order chi connectivity index (χ0) is 10.7. The van der Waals surface area contributed by atoms with E-state index in [-0.39, 0.29) is 18.9 Å². The largest absolute Gasteiger partial charge is 1.00 e. The summed E-state index contributed by atoms with van der Waals surface area (Å²) in [6, 6.07) is 0. The van der Waals surface area contributed by atoms with E-state index in [1.54, 1.807) is 0 Å². The second-order valence-electron chi connectivity index (χ2n) is 5.54. The molecule has 0 nitrogen and oxygen atoms in total. The molecule has 0 aromatic heterocycles. The minimum absolute atomic E-state index is 0. The zero-order valence-corrected chi connectivity index (χ0v) is 13.2. The van der Waals surface area contributed by atoms with Gasteiger partial charge in [0.05, 0.1) is 0 Å². The Bertz CT molecular complexity index is 216. The number of hydrogen-bond donors (Lipinski definition) is 0. The molecule has 76 valence electrons. The van der Waals surface area contributed by atoms with Crippen LogP contribution in [0.2, 0.25) is 39.3 Å². The molecule has 0 bridgehead atoms. The Hall–Kier alpha value is 0.511. The molecule has 0 rings (SSSR count). The van der Waals surface area contributed by atoms with Crippen LogP contribution in [0.3, 0.4) is 0 Å². The third-order valence-corrected chi connectivity index (χ3v) is 4.83. The van der Waals surface area contributed by atoms with E-state index in [4.69, 9.17) is 0 Å². The van der Waals surface area contributed by atoms with Gasteiger partial charge >= 0.3 is 18.9 Å². The van der Waals surface area contributed by atoms with Gasteiger partial charge in [-0.3, -0.25) is 5.70 Å². The first-order valence-electron chi connectivity index (χ1n) is 4.95. The Balaban J connectivity index is 0. The first-order valence-corrected chi connectivity index (χ1v) is 11.9. The van der Waals surface area contributed by atoms with Gasteiger partial charge in [0.25, 0.3) is 0 Å². The van der Waals surface area contributed by atoms with Gasteiger partial charge in [0, 0.05) is 8.07 Å². The van der Waals surface area contributed by atoms with Crippen molar-refractivity contribution in [3.05, 3.63) is 23.0 Å². The third-order valence-electron chi connectivity index (χ3n) is 1.65. The quantitative estimate of drug-likeness (QED) is 0.377. The molecule has 0 spiro atoms. The van der Waals surface area contributed by atoms with Crippen LogP contribution in [0.4, 0.5) is 0 Å². The van der Waals surface area contributed by atoms with Crippen molar-refractivity contribution in [3.8, 4) is 0 Å². The van der Waals surface area contributed by atoms with Crippen molar-refractivity contribution in [1.82, 2.24) is 0 Å². The molecule has 0 N–H and O–H groups in total. The van der Waals surface area contributed by atoms with Crippen molar-refractivity contribution in [2.75, 3.05) is 0 Å². The molecule has 0 aromatic carbocycles. The van der Waals surface area contributed by atoms with E-state index < -0.39 is 16.1 Å². The Labute approximate surface area is 104 Å². The number of rotatable bonds is 3. The standard InChI is InChI=1S/C11H23Si2.Li/c1-8-9-11(13(5,6)7)10-12(2,3)4;/h8-9H,1-7H3;/q-1;+1. The van der Waals surface area contributed by atoms with Crippen molar-refractivity contribution in [2.24, 2.45) is 0 Å². The molecular weight excluding hydrogens is 195 g/mol. The Morgan fingerprint density at radius 3 is 1.64 bits per heavy atom. The molecule has 0 unspecified atom stereocenters. The average Bonchev–Trinajstić information content (AvgIpc) is 1.81. The summed E-state index contributed by atoms with van der Waals surface area (Å²) >= 11 is 0. The SMILES string of the molecule is CC=CC(=[C-][Si](C)(C)C)[Si](C)(C)C.[Li+]. The molecule has 0 amide bonds. The summed E-state index contributed by atoms with van der Waals surface area (Å²) in [6.07, 6.45) is 4.39. The van der Waals surface area contributed by atoms with E-state index in [0.717, 1.165) is 0 Å². The molecule has 0 heterocycles. The van der Waals surface area contributed by atoms with Gasteiger partial charge in [0.1, 0.15) is 0 Å². The average molecular weight is 218 g/mol. The van der Waals surface area contributed by atoms with Crippen LogP contribution < -0.4 is 18.9 Å². The van der Waals surface area contributed by atoms with E-state index in [0.29, 0.717) is 0 Å². The monoisotopic (exact) mass is 218 g/mol. The molecule has 0 saturated carbocycles. The van der Waals surface area contributed by atoms with Crippen LogP contribution in [-0.2, 0) is 0 Å². The van der Waals surface area contributed by atoms with Gasteiger partial charge < -0.3 is 0 Å². The van der Waals surface area contributed by atoms with E-state index in [1.807, 2.05) is 0 Å². The molecule has 0 aliphatic carbocycles. The summed E-state index contributed by atoms with van der Waals surface area (Å²) in [5.41, 5.74) is 3.73. The maximum atomic E-state index is 3.73.